The minimum atomic E-state index is 0.533. The molecule has 1 N–H and O–H groups in total. The topological polar surface area (TPSA) is 24.9 Å². The van der Waals surface area contributed by atoms with Crippen molar-refractivity contribution in [2.75, 3.05) is 5.32 Å². The van der Waals surface area contributed by atoms with Crippen LogP contribution >= 0.6 is 22.9 Å². The molecular weight excluding hydrogens is 216 g/mol. The SMILES string of the molecule is Cc1ccccc1Nc1nc(Cl)cs1. The predicted molar refractivity (Wildman–Crippen MR) is 61.6 cm³/mol. The normalized spacial score (nSPS) is 10.1. The van der Waals surface area contributed by atoms with Gasteiger partial charge in [-0.2, -0.15) is 0 Å². The Morgan fingerprint density at radius 2 is 2.14 bits per heavy atom. The van der Waals surface area contributed by atoms with Crippen LogP contribution < -0.4 is 5.32 Å². The van der Waals surface area contributed by atoms with E-state index in [1.165, 1.54) is 16.9 Å². The Bertz CT molecular complexity index is 439. The molecule has 0 aliphatic heterocycles. The highest BCUT2D eigenvalue weighted by Gasteiger charge is 2.01. The first-order valence-corrected chi connectivity index (χ1v) is 5.45. The van der Waals surface area contributed by atoms with Crippen LogP contribution in [0.3, 0.4) is 0 Å². The van der Waals surface area contributed by atoms with E-state index < -0.39 is 0 Å². The van der Waals surface area contributed by atoms with Crippen molar-refractivity contribution in [3.63, 3.8) is 0 Å². The molecule has 4 heteroatoms. The average molecular weight is 225 g/mol. The van der Waals surface area contributed by atoms with Crippen molar-refractivity contribution in [1.82, 2.24) is 4.98 Å². The summed E-state index contributed by atoms with van der Waals surface area (Å²) in [6.07, 6.45) is 0. The summed E-state index contributed by atoms with van der Waals surface area (Å²) in [5, 5.41) is 6.38. The zero-order chi connectivity index (χ0) is 9.97. The van der Waals surface area contributed by atoms with E-state index in [2.05, 4.69) is 23.3 Å². The molecule has 2 aromatic rings. The Kier molecular flexibility index (Phi) is 2.70. The fraction of sp³-hybridized carbons (Fsp3) is 0.100. The Labute approximate surface area is 91.6 Å². The molecule has 0 aliphatic rings. The monoisotopic (exact) mass is 224 g/mol. The van der Waals surface area contributed by atoms with E-state index in [9.17, 15) is 0 Å². The third kappa shape index (κ3) is 2.05. The van der Waals surface area contributed by atoms with Crippen molar-refractivity contribution >= 4 is 33.8 Å². The van der Waals surface area contributed by atoms with Gasteiger partial charge >= 0.3 is 0 Å². The number of hydrogen-bond acceptors (Lipinski definition) is 3. The molecule has 0 bridgehead atoms. The second-order valence-electron chi connectivity index (χ2n) is 2.92. The maximum atomic E-state index is 5.73. The Hall–Kier alpha value is -1.06. The summed E-state index contributed by atoms with van der Waals surface area (Å²) < 4.78 is 0. The number of aromatic nitrogens is 1. The number of hydrogen-bond donors (Lipinski definition) is 1. The highest BCUT2D eigenvalue weighted by atomic mass is 35.5. The largest absolute Gasteiger partial charge is 0.331 e. The van der Waals surface area contributed by atoms with Crippen molar-refractivity contribution in [2.24, 2.45) is 0 Å². The number of halogens is 1. The number of nitrogens with zero attached hydrogens (tertiary/aromatic N) is 1. The number of rotatable bonds is 2. The molecule has 1 heterocycles. The first kappa shape index (κ1) is 9.49. The van der Waals surface area contributed by atoms with Gasteiger partial charge in [0.1, 0.15) is 5.15 Å². The van der Waals surface area contributed by atoms with Crippen molar-refractivity contribution in [3.8, 4) is 0 Å². The summed E-state index contributed by atoms with van der Waals surface area (Å²) in [6.45, 7) is 2.05. The molecule has 0 unspecified atom stereocenters. The Balaban J connectivity index is 2.23. The van der Waals surface area contributed by atoms with Crippen LogP contribution in [0.1, 0.15) is 5.56 Å². The average Bonchev–Trinajstić information content (AvgIpc) is 2.56. The van der Waals surface area contributed by atoms with Gasteiger partial charge in [-0.3, -0.25) is 0 Å². The molecule has 0 atom stereocenters. The number of para-hydroxylation sites is 1. The Morgan fingerprint density at radius 3 is 2.79 bits per heavy atom. The molecule has 0 spiro atoms. The van der Waals surface area contributed by atoms with E-state index in [1.807, 2.05) is 23.6 Å². The molecule has 2 nitrogen and oxygen atoms in total. The lowest BCUT2D eigenvalue weighted by molar-refractivity contribution is 1.36. The summed E-state index contributed by atoms with van der Waals surface area (Å²) in [5.74, 6) is 0. The third-order valence-corrected chi connectivity index (χ3v) is 2.94. The lowest BCUT2D eigenvalue weighted by atomic mass is 10.2. The lowest BCUT2D eigenvalue weighted by Crippen LogP contribution is -1.91. The third-order valence-electron chi connectivity index (χ3n) is 1.86. The number of aryl methyl sites for hydroxylation is 1. The molecule has 72 valence electrons. The van der Waals surface area contributed by atoms with Crippen molar-refractivity contribution < 1.29 is 0 Å². The quantitative estimate of drug-likeness (QED) is 0.838. The van der Waals surface area contributed by atoms with Gasteiger partial charge in [-0.1, -0.05) is 29.8 Å². The minimum absolute atomic E-state index is 0.533. The number of benzene rings is 1. The fourth-order valence-electron chi connectivity index (χ4n) is 1.14. The molecule has 1 aromatic heterocycles. The second kappa shape index (κ2) is 3.98. The number of anilines is 2. The first-order chi connectivity index (χ1) is 6.75. The van der Waals surface area contributed by atoms with E-state index in [0.29, 0.717) is 5.15 Å². The molecule has 0 fully saturated rings. The predicted octanol–water partition coefficient (Wildman–Crippen LogP) is 3.85. The molecule has 1 aromatic carbocycles. The van der Waals surface area contributed by atoms with Crippen molar-refractivity contribution in [2.45, 2.75) is 6.92 Å². The van der Waals surface area contributed by atoms with Crippen molar-refractivity contribution in [1.29, 1.82) is 0 Å². The summed E-state index contributed by atoms with van der Waals surface area (Å²) in [4.78, 5) is 4.12. The van der Waals surface area contributed by atoms with Gasteiger partial charge in [-0.25, -0.2) is 4.98 Å². The van der Waals surface area contributed by atoms with Crippen LogP contribution in [0.25, 0.3) is 0 Å². The van der Waals surface area contributed by atoms with Gasteiger partial charge in [0.25, 0.3) is 0 Å². The summed E-state index contributed by atoms with van der Waals surface area (Å²) in [6, 6.07) is 8.07. The van der Waals surface area contributed by atoms with E-state index >= 15 is 0 Å². The zero-order valence-corrected chi connectivity index (χ0v) is 9.19. The molecule has 0 amide bonds. The van der Waals surface area contributed by atoms with Crippen LogP contribution in [-0.2, 0) is 0 Å². The lowest BCUT2D eigenvalue weighted by Gasteiger charge is -2.04. The van der Waals surface area contributed by atoms with Gasteiger partial charge in [-0.15, -0.1) is 11.3 Å². The molecular formula is C10H9ClN2S. The zero-order valence-electron chi connectivity index (χ0n) is 7.62. The highest BCUT2D eigenvalue weighted by Crippen LogP contribution is 2.24. The number of thiazole rings is 1. The molecule has 0 saturated heterocycles. The molecule has 0 aliphatic carbocycles. The van der Waals surface area contributed by atoms with Crippen LogP contribution in [0.4, 0.5) is 10.8 Å². The van der Waals surface area contributed by atoms with Crippen molar-refractivity contribution in [3.05, 3.63) is 40.4 Å². The highest BCUT2D eigenvalue weighted by molar-refractivity contribution is 7.14. The molecule has 0 saturated carbocycles. The smallest absolute Gasteiger partial charge is 0.188 e. The van der Waals surface area contributed by atoms with E-state index in [4.69, 9.17) is 11.6 Å². The van der Waals surface area contributed by atoms with Gasteiger partial charge in [0.05, 0.1) is 0 Å². The molecule has 2 rings (SSSR count). The molecule has 0 radical (unpaired) electrons. The van der Waals surface area contributed by atoms with Crippen LogP contribution in [0, 0.1) is 6.92 Å². The Morgan fingerprint density at radius 1 is 1.36 bits per heavy atom. The summed E-state index contributed by atoms with van der Waals surface area (Å²) in [7, 11) is 0. The number of nitrogens with one attached hydrogen (secondary N) is 1. The first-order valence-electron chi connectivity index (χ1n) is 4.19. The van der Waals surface area contributed by atoms with Gasteiger partial charge in [-0.05, 0) is 18.6 Å². The minimum Gasteiger partial charge on any atom is -0.331 e. The van der Waals surface area contributed by atoms with E-state index in [0.717, 1.165) is 10.8 Å². The van der Waals surface area contributed by atoms with Gasteiger partial charge in [0.15, 0.2) is 5.13 Å². The maximum absolute atomic E-state index is 5.73. The fourth-order valence-corrected chi connectivity index (χ4v) is 1.99. The van der Waals surface area contributed by atoms with Crippen LogP contribution in [0.2, 0.25) is 5.15 Å². The van der Waals surface area contributed by atoms with E-state index in [1.54, 1.807) is 0 Å². The van der Waals surface area contributed by atoms with Gasteiger partial charge < -0.3 is 5.32 Å². The van der Waals surface area contributed by atoms with Crippen LogP contribution in [-0.4, -0.2) is 4.98 Å². The van der Waals surface area contributed by atoms with Gasteiger partial charge in [0.2, 0.25) is 0 Å². The van der Waals surface area contributed by atoms with E-state index in [-0.39, 0.29) is 0 Å². The van der Waals surface area contributed by atoms with Crippen LogP contribution in [0.15, 0.2) is 29.6 Å². The standard InChI is InChI=1S/C10H9ClN2S/c1-7-4-2-3-5-8(7)12-10-13-9(11)6-14-10/h2-6H,1H3,(H,12,13). The van der Waals surface area contributed by atoms with Gasteiger partial charge in [0, 0.05) is 11.1 Å². The molecule has 14 heavy (non-hydrogen) atoms. The summed E-state index contributed by atoms with van der Waals surface area (Å²) >= 11 is 7.22. The van der Waals surface area contributed by atoms with Crippen LogP contribution in [0.5, 0.6) is 0 Å². The summed E-state index contributed by atoms with van der Waals surface area (Å²) in [5.41, 5.74) is 2.26. The maximum Gasteiger partial charge on any atom is 0.188 e. The second-order valence-corrected chi connectivity index (χ2v) is 4.16.